The maximum Gasteiger partial charge on any atom is 0.143 e. The SMILES string of the molecule is COc1cccc(C#N)c1NCCC(C)(C)C. The fraction of sp³-hybridized carbons (Fsp3) is 0.500. The minimum absolute atomic E-state index is 0.280. The highest BCUT2D eigenvalue weighted by Crippen LogP contribution is 2.28. The Kier molecular flexibility index (Phi) is 4.39. The highest BCUT2D eigenvalue weighted by atomic mass is 16.5. The molecule has 0 aliphatic rings. The molecule has 0 atom stereocenters. The van der Waals surface area contributed by atoms with Crippen LogP contribution < -0.4 is 10.1 Å². The average molecular weight is 232 g/mol. The summed E-state index contributed by atoms with van der Waals surface area (Å²) < 4.78 is 5.26. The van der Waals surface area contributed by atoms with Crippen molar-refractivity contribution in [2.45, 2.75) is 27.2 Å². The van der Waals surface area contributed by atoms with E-state index < -0.39 is 0 Å². The van der Waals surface area contributed by atoms with Gasteiger partial charge in [-0.2, -0.15) is 5.26 Å². The molecule has 1 aromatic carbocycles. The van der Waals surface area contributed by atoms with Crippen molar-refractivity contribution in [3.63, 3.8) is 0 Å². The van der Waals surface area contributed by atoms with Gasteiger partial charge in [-0.1, -0.05) is 26.8 Å². The summed E-state index contributed by atoms with van der Waals surface area (Å²) in [6, 6.07) is 7.66. The van der Waals surface area contributed by atoms with Gasteiger partial charge in [0.05, 0.1) is 18.4 Å². The predicted octanol–water partition coefficient (Wildman–Crippen LogP) is 3.41. The second-order valence-corrected chi connectivity index (χ2v) is 5.23. The van der Waals surface area contributed by atoms with E-state index in [1.54, 1.807) is 13.2 Å². The lowest BCUT2D eigenvalue weighted by Gasteiger charge is -2.19. The molecule has 92 valence electrons. The Morgan fingerprint density at radius 2 is 2.06 bits per heavy atom. The first-order valence-corrected chi connectivity index (χ1v) is 5.79. The van der Waals surface area contributed by atoms with E-state index in [0.29, 0.717) is 5.56 Å². The molecule has 17 heavy (non-hydrogen) atoms. The Hall–Kier alpha value is -1.69. The Balaban J connectivity index is 2.79. The van der Waals surface area contributed by atoms with Crippen molar-refractivity contribution in [3.8, 4) is 11.8 Å². The first-order valence-electron chi connectivity index (χ1n) is 5.79. The summed E-state index contributed by atoms with van der Waals surface area (Å²) in [5, 5.41) is 12.3. The molecule has 0 bridgehead atoms. The molecule has 0 aliphatic heterocycles. The highest BCUT2D eigenvalue weighted by molar-refractivity contribution is 5.66. The minimum atomic E-state index is 0.280. The lowest BCUT2D eigenvalue weighted by molar-refractivity contribution is 0.388. The van der Waals surface area contributed by atoms with Crippen molar-refractivity contribution in [2.24, 2.45) is 5.41 Å². The summed E-state index contributed by atoms with van der Waals surface area (Å²) in [5.41, 5.74) is 1.70. The number of rotatable bonds is 4. The van der Waals surface area contributed by atoms with E-state index in [2.05, 4.69) is 32.2 Å². The van der Waals surface area contributed by atoms with Crippen LogP contribution in [0.4, 0.5) is 5.69 Å². The zero-order chi connectivity index (χ0) is 12.9. The number of hydrogen-bond acceptors (Lipinski definition) is 3. The van der Waals surface area contributed by atoms with Crippen molar-refractivity contribution in [1.82, 2.24) is 0 Å². The molecule has 1 rings (SSSR count). The molecule has 0 aliphatic carbocycles. The van der Waals surface area contributed by atoms with Crippen LogP contribution in [0.25, 0.3) is 0 Å². The number of para-hydroxylation sites is 1. The first kappa shape index (κ1) is 13.4. The third kappa shape index (κ3) is 3.99. The van der Waals surface area contributed by atoms with Crippen LogP contribution in [0.15, 0.2) is 18.2 Å². The lowest BCUT2D eigenvalue weighted by atomic mass is 9.92. The number of anilines is 1. The van der Waals surface area contributed by atoms with Crippen LogP contribution in [0.1, 0.15) is 32.8 Å². The second-order valence-electron chi connectivity index (χ2n) is 5.23. The molecule has 0 spiro atoms. The zero-order valence-electron chi connectivity index (χ0n) is 11.0. The predicted molar refractivity (Wildman–Crippen MR) is 70.3 cm³/mol. The molecule has 3 heteroatoms. The normalized spacial score (nSPS) is 10.8. The molecule has 0 amide bonds. The van der Waals surface area contributed by atoms with E-state index in [-0.39, 0.29) is 5.41 Å². The number of methoxy groups -OCH3 is 1. The van der Waals surface area contributed by atoms with Crippen molar-refractivity contribution in [2.75, 3.05) is 19.0 Å². The first-order chi connectivity index (χ1) is 7.98. The molecule has 0 saturated heterocycles. The third-order valence-corrected chi connectivity index (χ3v) is 2.54. The van der Waals surface area contributed by atoms with Gasteiger partial charge in [0.15, 0.2) is 0 Å². The van der Waals surface area contributed by atoms with Crippen LogP contribution >= 0.6 is 0 Å². The van der Waals surface area contributed by atoms with Gasteiger partial charge in [0.25, 0.3) is 0 Å². The maximum absolute atomic E-state index is 9.05. The third-order valence-electron chi connectivity index (χ3n) is 2.54. The average Bonchev–Trinajstić information content (AvgIpc) is 2.27. The summed E-state index contributed by atoms with van der Waals surface area (Å²) in [6.45, 7) is 7.42. The monoisotopic (exact) mass is 232 g/mol. The van der Waals surface area contributed by atoms with Gasteiger partial charge < -0.3 is 10.1 Å². The lowest BCUT2D eigenvalue weighted by Crippen LogP contribution is -2.13. The summed E-state index contributed by atoms with van der Waals surface area (Å²) in [7, 11) is 1.62. The number of benzene rings is 1. The van der Waals surface area contributed by atoms with E-state index in [1.807, 2.05) is 12.1 Å². The smallest absolute Gasteiger partial charge is 0.143 e. The Morgan fingerprint density at radius 3 is 2.59 bits per heavy atom. The molecule has 1 aromatic rings. The molecule has 0 aromatic heterocycles. The fourth-order valence-electron chi connectivity index (χ4n) is 1.54. The van der Waals surface area contributed by atoms with E-state index in [0.717, 1.165) is 24.4 Å². The molecule has 0 fully saturated rings. The van der Waals surface area contributed by atoms with E-state index in [9.17, 15) is 0 Å². The van der Waals surface area contributed by atoms with Crippen LogP contribution in [-0.2, 0) is 0 Å². The summed E-state index contributed by atoms with van der Waals surface area (Å²) in [5.74, 6) is 0.720. The van der Waals surface area contributed by atoms with Gasteiger partial charge in [-0.15, -0.1) is 0 Å². The molecule has 3 nitrogen and oxygen atoms in total. The maximum atomic E-state index is 9.05. The molecule has 0 heterocycles. The second kappa shape index (κ2) is 5.58. The number of nitriles is 1. The van der Waals surface area contributed by atoms with Gasteiger partial charge in [-0.3, -0.25) is 0 Å². The van der Waals surface area contributed by atoms with Gasteiger partial charge in [0.1, 0.15) is 11.8 Å². The number of ether oxygens (including phenoxy) is 1. The summed E-state index contributed by atoms with van der Waals surface area (Å²) >= 11 is 0. The summed E-state index contributed by atoms with van der Waals surface area (Å²) in [4.78, 5) is 0. The quantitative estimate of drug-likeness (QED) is 0.865. The van der Waals surface area contributed by atoms with Crippen molar-refractivity contribution < 1.29 is 4.74 Å². The molecule has 0 radical (unpaired) electrons. The van der Waals surface area contributed by atoms with E-state index in [1.165, 1.54) is 0 Å². The van der Waals surface area contributed by atoms with Crippen molar-refractivity contribution in [1.29, 1.82) is 5.26 Å². The zero-order valence-corrected chi connectivity index (χ0v) is 11.0. The molecular weight excluding hydrogens is 212 g/mol. The Morgan fingerprint density at radius 1 is 1.35 bits per heavy atom. The van der Waals surface area contributed by atoms with Gasteiger partial charge in [0.2, 0.25) is 0 Å². The van der Waals surface area contributed by atoms with Crippen LogP contribution in [0.3, 0.4) is 0 Å². The van der Waals surface area contributed by atoms with Gasteiger partial charge in [0, 0.05) is 6.54 Å². The van der Waals surface area contributed by atoms with Crippen molar-refractivity contribution >= 4 is 5.69 Å². The van der Waals surface area contributed by atoms with Crippen LogP contribution in [-0.4, -0.2) is 13.7 Å². The van der Waals surface area contributed by atoms with E-state index >= 15 is 0 Å². The molecule has 1 N–H and O–H groups in total. The Labute approximate surface area is 103 Å². The standard InChI is InChI=1S/C14H20N2O/c1-14(2,3)8-9-16-13-11(10-15)6-5-7-12(13)17-4/h5-7,16H,8-9H2,1-4H3. The summed E-state index contributed by atoms with van der Waals surface area (Å²) in [6.07, 6.45) is 1.04. The highest BCUT2D eigenvalue weighted by Gasteiger charge is 2.12. The van der Waals surface area contributed by atoms with Gasteiger partial charge >= 0.3 is 0 Å². The van der Waals surface area contributed by atoms with Gasteiger partial charge in [-0.05, 0) is 24.0 Å². The van der Waals surface area contributed by atoms with Crippen molar-refractivity contribution in [3.05, 3.63) is 23.8 Å². The fourth-order valence-corrected chi connectivity index (χ4v) is 1.54. The van der Waals surface area contributed by atoms with Crippen LogP contribution in [0, 0.1) is 16.7 Å². The molecule has 0 saturated carbocycles. The Bertz CT molecular complexity index is 413. The number of nitrogens with one attached hydrogen (secondary N) is 1. The number of hydrogen-bond donors (Lipinski definition) is 1. The van der Waals surface area contributed by atoms with Crippen LogP contribution in [0.5, 0.6) is 5.75 Å². The van der Waals surface area contributed by atoms with E-state index in [4.69, 9.17) is 10.00 Å². The minimum Gasteiger partial charge on any atom is -0.495 e. The van der Waals surface area contributed by atoms with Crippen LogP contribution in [0.2, 0.25) is 0 Å². The van der Waals surface area contributed by atoms with Gasteiger partial charge in [-0.25, -0.2) is 0 Å². The number of nitrogens with zero attached hydrogens (tertiary/aromatic N) is 1. The molecule has 0 unspecified atom stereocenters. The topological polar surface area (TPSA) is 45.0 Å². The molecular formula is C14H20N2O. The largest absolute Gasteiger partial charge is 0.495 e.